The van der Waals surface area contributed by atoms with E-state index in [4.69, 9.17) is 33.2 Å². The highest BCUT2D eigenvalue weighted by atomic mass is 16.8. The van der Waals surface area contributed by atoms with Gasteiger partial charge in [-0.1, -0.05) is 49.4 Å². The number of aliphatic hydroxyl groups is 1. The Balaban J connectivity index is 1.60. The summed E-state index contributed by atoms with van der Waals surface area (Å²) in [5, 5.41) is 11.0. The molecule has 0 amide bonds. The van der Waals surface area contributed by atoms with Gasteiger partial charge in [-0.25, -0.2) is 4.79 Å². The van der Waals surface area contributed by atoms with E-state index in [-0.39, 0.29) is 18.8 Å². The number of carbonyl (C=O) groups excluding carboxylic acids is 1. The van der Waals surface area contributed by atoms with E-state index in [9.17, 15) is 9.90 Å². The van der Waals surface area contributed by atoms with Gasteiger partial charge in [0.25, 0.3) is 0 Å². The zero-order valence-corrected chi connectivity index (χ0v) is 26.6. The van der Waals surface area contributed by atoms with Gasteiger partial charge in [-0.15, -0.1) is 0 Å². The molecule has 2 heterocycles. The van der Waals surface area contributed by atoms with Crippen LogP contribution in [-0.4, -0.2) is 68.9 Å². The first kappa shape index (κ1) is 33.7. The number of ether oxygens (including phenoxy) is 7. The van der Waals surface area contributed by atoms with Crippen molar-refractivity contribution in [2.45, 2.75) is 83.8 Å². The second-order valence-corrected chi connectivity index (χ2v) is 11.7. The van der Waals surface area contributed by atoms with Crippen LogP contribution in [0.3, 0.4) is 0 Å². The fourth-order valence-corrected chi connectivity index (χ4v) is 5.33. The van der Waals surface area contributed by atoms with Crippen molar-refractivity contribution in [3.63, 3.8) is 0 Å². The predicted molar refractivity (Wildman–Crippen MR) is 167 cm³/mol. The highest BCUT2D eigenvalue weighted by molar-refractivity contribution is 5.97. The molecule has 1 fully saturated rings. The number of aryl methyl sites for hydroxylation is 1. The third kappa shape index (κ3) is 8.92. The van der Waals surface area contributed by atoms with Crippen molar-refractivity contribution in [2.75, 3.05) is 27.6 Å². The van der Waals surface area contributed by atoms with Crippen molar-refractivity contribution in [2.24, 2.45) is 5.92 Å². The molecule has 2 aliphatic rings. The highest BCUT2D eigenvalue weighted by Gasteiger charge is 2.43. The van der Waals surface area contributed by atoms with E-state index >= 15 is 0 Å². The molecule has 2 aromatic carbocycles. The lowest BCUT2D eigenvalue weighted by molar-refractivity contribution is -0.152. The summed E-state index contributed by atoms with van der Waals surface area (Å²) in [5.41, 5.74) is 3.08. The topological polar surface area (TPSA) is 102 Å². The van der Waals surface area contributed by atoms with Gasteiger partial charge in [0.15, 0.2) is 12.6 Å². The van der Waals surface area contributed by atoms with E-state index in [0.717, 1.165) is 23.3 Å². The fraction of sp³-hybridized carbons (Fsp3) is 0.514. The molecule has 0 spiro atoms. The summed E-state index contributed by atoms with van der Waals surface area (Å²) in [5.74, 6) is -0.299. The molecule has 1 unspecified atom stereocenters. The maximum Gasteiger partial charge on any atom is 0.342 e. The molecule has 240 valence electrons. The SMILES string of the molecule is COCOc1ccc(CCCOCc2ccc(OC)cc2)c2c1C(=O)O[C@@H](C)[C@H](C)C=CC(O)[C@H]1OC(C)(C)O[C@H]1CC=C2. The molecule has 5 atom stereocenters. The van der Waals surface area contributed by atoms with Crippen molar-refractivity contribution in [1.82, 2.24) is 0 Å². The summed E-state index contributed by atoms with van der Waals surface area (Å²) in [6, 6.07) is 11.6. The number of cyclic esters (lactones) is 1. The van der Waals surface area contributed by atoms with Crippen LogP contribution in [0.4, 0.5) is 0 Å². The number of fused-ring (bicyclic) bond motifs is 2. The summed E-state index contributed by atoms with van der Waals surface area (Å²) < 4.78 is 40.4. The van der Waals surface area contributed by atoms with Crippen molar-refractivity contribution < 1.29 is 43.1 Å². The van der Waals surface area contributed by atoms with Crippen LogP contribution < -0.4 is 9.47 Å². The number of esters is 1. The zero-order chi connectivity index (χ0) is 31.7. The molecule has 0 radical (unpaired) electrons. The maximum atomic E-state index is 13.7. The van der Waals surface area contributed by atoms with Gasteiger partial charge in [-0.3, -0.25) is 0 Å². The number of carbonyl (C=O) groups is 1. The van der Waals surface area contributed by atoms with Crippen LogP contribution in [0.5, 0.6) is 11.5 Å². The molecule has 0 bridgehead atoms. The van der Waals surface area contributed by atoms with Gasteiger partial charge < -0.3 is 38.3 Å². The second-order valence-electron chi connectivity index (χ2n) is 11.7. The lowest BCUT2D eigenvalue weighted by atomic mass is 9.94. The average molecular weight is 611 g/mol. The van der Waals surface area contributed by atoms with Crippen LogP contribution in [-0.2, 0) is 36.7 Å². The van der Waals surface area contributed by atoms with Crippen LogP contribution in [0, 0.1) is 5.92 Å². The number of aliphatic hydroxyl groups excluding tert-OH is 1. The van der Waals surface area contributed by atoms with E-state index < -0.39 is 30.1 Å². The Morgan fingerprint density at radius 2 is 1.80 bits per heavy atom. The van der Waals surface area contributed by atoms with Gasteiger partial charge >= 0.3 is 5.97 Å². The van der Waals surface area contributed by atoms with Crippen molar-refractivity contribution in [3.8, 4) is 11.5 Å². The summed E-state index contributed by atoms with van der Waals surface area (Å²) in [7, 11) is 3.18. The fourth-order valence-electron chi connectivity index (χ4n) is 5.33. The molecule has 2 aromatic rings. The maximum absolute atomic E-state index is 13.7. The molecule has 1 saturated heterocycles. The minimum atomic E-state index is -0.877. The lowest BCUT2D eigenvalue weighted by Crippen LogP contribution is -2.34. The van der Waals surface area contributed by atoms with Gasteiger partial charge in [0.05, 0.1) is 19.8 Å². The Bertz CT molecular complexity index is 1280. The number of hydrogen-bond donors (Lipinski definition) is 1. The lowest BCUT2D eigenvalue weighted by Gasteiger charge is -2.23. The molecule has 1 N–H and O–H groups in total. The molecule has 44 heavy (non-hydrogen) atoms. The molecule has 0 aliphatic carbocycles. The van der Waals surface area contributed by atoms with Crippen molar-refractivity contribution >= 4 is 12.0 Å². The number of methoxy groups -OCH3 is 2. The van der Waals surface area contributed by atoms with Gasteiger partial charge in [0.2, 0.25) is 0 Å². The molecule has 0 aromatic heterocycles. The molecular weight excluding hydrogens is 564 g/mol. The van der Waals surface area contributed by atoms with E-state index in [1.807, 2.05) is 76.3 Å². The van der Waals surface area contributed by atoms with Gasteiger partial charge in [-0.2, -0.15) is 0 Å². The first-order chi connectivity index (χ1) is 21.1. The van der Waals surface area contributed by atoms with E-state index in [1.165, 1.54) is 7.11 Å². The summed E-state index contributed by atoms with van der Waals surface area (Å²) >= 11 is 0. The highest BCUT2D eigenvalue weighted by Crippen LogP contribution is 2.34. The largest absolute Gasteiger partial charge is 0.497 e. The Kier molecular flexibility index (Phi) is 12.0. The molecule has 2 aliphatic heterocycles. The smallest absolute Gasteiger partial charge is 0.342 e. The third-order valence-electron chi connectivity index (χ3n) is 7.85. The third-order valence-corrected chi connectivity index (χ3v) is 7.85. The number of hydrogen-bond acceptors (Lipinski definition) is 9. The van der Waals surface area contributed by atoms with Crippen LogP contribution in [0.1, 0.15) is 67.6 Å². The Hall–Kier alpha value is -3.21. The quantitative estimate of drug-likeness (QED) is 0.153. The predicted octanol–water partition coefficient (Wildman–Crippen LogP) is 5.86. The molecule has 0 saturated carbocycles. The average Bonchev–Trinajstić information content (AvgIpc) is 3.32. The summed E-state index contributed by atoms with van der Waals surface area (Å²) in [6.45, 7) is 8.48. The monoisotopic (exact) mass is 610 g/mol. The van der Waals surface area contributed by atoms with Crippen LogP contribution in [0.25, 0.3) is 6.08 Å². The Morgan fingerprint density at radius 1 is 1.02 bits per heavy atom. The molecular formula is C35H46O9. The van der Waals surface area contributed by atoms with Crippen LogP contribution in [0.2, 0.25) is 0 Å². The Morgan fingerprint density at radius 3 is 2.52 bits per heavy atom. The van der Waals surface area contributed by atoms with Crippen molar-refractivity contribution in [1.29, 1.82) is 0 Å². The second kappa shape index (κ2) is 15.7. The number of rotatable bonds is 10. The minimum absolute atomic E-state index is 0.0153. The van der Waals surface area contributed by atoms with Gasteiger partial charge in [0.1, 0.15) is 35.4 Å². The summed E-state index contributed by atoms with van der Waals surface area (Å²) in [4.78, 5) is 13.7. The molecule has 4 rings (SSSR count). The number of benzene rings is 2. The summed E-state index contributed by atoms with van der Waals surface area (Å²) in [6.07, 6.45) is 7.01. The first-order valence-corrected chi connectivity index (χ1v) is 15.2. The van der Waals surface area contributed by atoms with E-state index in [1.54, 1.807) is 19.3 Å². The standard InChI is InChI=1S/C35H46O9/c1-23-12-18-29(36)33-31(43-35(3,4)44-33)11-7-10-28-26(9-8-20-40-21-25-13-16-27(39-6)17-14-25)15-19-30(41-22-38-5)32(28)34(37)42-24(23)2/h7,10,12-19,23-24,29,31,33,36H,8-9,11,20-22H2,1-6H3/t23-,24+,29?,31+,33-/m1/s1. The minimum Gasteiger partial charge on any atom is -0.497 e. The van der Waals surface area contributed by atoms with E-state index in [0.29, 0.717) is 42.9 Å². The van der Waals surface area contributed by atoms with Crippen molar-refractivity contribution in [3.05, 3.63) is 76.9 Å². The Labute approximate surface area is 260 Å². The van der Waals surface area contributed by atoms with Gasteiger partial charge in [-0.05, 0) is 74.9 Å². The van der Waals surface area contributed by atoms with Gasteiger partial charge in [0, 0.05) is 19.6 Å². The van der Waals surface area contributed by atoms with Crippen LogP contribution >= 0.6 is 0 Å². The van der Waals surface area contributed by atoms with E-state index in [2.05, 4.69) is 0 Å². The normalized spacial score (nSPS) is 25.1. The first-order valence-electron chi connectivity index (χ1n) is 15.2. The van der Waals surface area contributed by atoms with Crippen LogP contribution in [0.15, 0.2) is 54.6 Å². The molecule has 9 heteroatoms. The zero-order valence-electron chi connectivity index (χ0n) is 26.6. The molecule has 9 nitrogen and oxygen atoms in total.